The maximum atomic E-state index is 11.7. The standard InChI is InChI=1S/C15H30N2O2/c1-5-15(6-2)9-13(7-8-19-15)16-11-14(18)17-10-12(3)4/h12-13,16H,5-11H2,1-4H3,(H,17,18). The highest BCUT2D eigenvalue weighted by Crippen LogP contribution is 2.31. The van der Waals surface area contributed by atoms with Gasteiger partial charge in [-0.15, -0.1) is 0 Å². The molecule has 0 saturated carbocycles. The van der Waals surface area contributed by atoms with E-state index in [2.05, 4.69) is 38.3 Å². The summed E-state index contributed by atoms with van der Waals surface area (Å²) < 4.78 is 5.94. The molecule has 0 aliphatic carbocycles. The van der Waals surface area contributed by atoms with Crippen LogP contribution in [0.5, 0.6) is 0 Å². The molecule has 1 unspecified atom stereocenters. The molecule has 1 rings (SSSR count). The zero-order valence-corrected chi connectivity index (χ0v) is 12.9. The molecule has 1 atom stereocenters. The van der Waals surface area contributed by atoms with Crippen LogP contribution in [0.2, 0.25) is 0 Å². The average molecular weight is 270 g/mol. The van der Waals surface area contributed by atoms with E-state index in [-0.39, 0.29) is 11.5 Å². The van der Waals surface area contributed by atoms with Crippen LogP contribution in [0.1, 0.15) is 53.4 Å². The third-order valence-corrected chi connectivity index (χ3v) is 4.04. The summed E-state index contributed by atoms with van der Waals surface area (Å²) in [6.07, 6.45) is 4.10. The first kappa shape index (κ1) is 16.4. The molecule has 1 amide bonds. The van der Waals surface area contributed by atoms with Crippen molar-refractivity contribution in [2.75, 3.05) is 19.7 Å². The number of rotatable bonds is 7. The van der Waals surface area contributed by atoms with Crippen LogP contribution in [0.25, 0.3) is 0 Å². The summed E-state index contributed by atoms with van der Waals surface area (Å²) in [5.74, 6) is 0.596. The molecule has 1 aliphatic rings. The second-order valence-electron chi connectivity index (χ2n) is 6.01. The number of carbonyl (C=O) groups excluding carboxylic acids is 1. The lowest BCUT2D eigenvalue weighted by molar-refractivity contribution is -0.121. The molecular weight excluding hydrogens is 240 g/mol. The summed E-state index contributed by atoms with van der Waals surface area (Å²) in [6.45, 7) is 10.5. The number of amides is 1. The monoisotopic (exact) mass is 270 g/mol. The average Bonchev–Trinajstić information content (AvgIpc) is 2.43. The molecule has 4 heteroatoms. The van der Waals surface area contributed by atoms with Crippen LogP contribution >= 0.6 is 0 Å². The highest BCUT2D eigenvalue weighted by molar-refractivity contribution is 5.77. The predicted molar refractivity (Wildman–Crippen MR) is 78.1 cm³/mol. The fourth-order valence-electron chi connectivity index (χ4n) is 2.56. The van der Waals surface area contributed by atoms with Crippen LogP contribution in [0.15, 0.2) is 0 Å². The summed E-state index contributed by atoms with van der Waals surface area (Å²) in [5, 5.41) is 6.31. The lowest BCUT2D eigenvalue weighted by Crippen LogP contribution is -2.48. The van der Waals surface area contributed by atoms with E-state index in [9.17, 15) is 4.79 Å². The molecule has 0 spiro atoms. The van der Waals surface area contributed by atoms with Crippen LogP contribution < -0.4 is 10.6 Å². The van der Waals surface area contributed by atoms with Crippen molar-refractivity contribution in [2.45, 2.75) is 65.0 Å². The Kier molecular flexibility index (Phi) is 6.80. The van der Waals surface area contributed by atoms with Crippen molar-refractivity contribution in [3.8, 4) is 0 Å². The van der Waals surface area contributed by atoms with E-state index in [1.165, 1.54) is 0 Å². The SMILES string of the molecule is CCC1(CC)CC(NCC(=O)NCC(C)C)CCO1. The molecule has 1 heterocycles. The minimum Gasteiger partial charge on any atom is -0.375 e. The first-order chi connectivity index (χ1) is 9.01. The maximum Gasteiger partial charge on any atom is 0.233 e. The number of ether oxygens (including phenoxy) is 1. The zero-order valence-electron chi connectivity index (χ0n) is 12.9. The van der Waals surface area contributed by atoms with Crippen LogP contribution in [0, 0.1) is 5.92 Å². The second-order valence-corrected chi connectivity index (χ2v) is 6.01. The van der Waals surface area contributed by atoms with Gasteiger partial charge in [0.15, 0.2) is 0 Å². The van der Waals surface area contributed by atoms with Crippen molar-refractivity contribution in [2.24, 2.45) is 5.92 Å². The molecule has 112 valence electrons. The van der Waals surface area contributed by atoms with Gasteiger partial charge in [-0.1, -0.05) is 27.7 Å². The van der Waals surface area contributed by atoms with Crippen LogP contribution in [-0.2, 0) is 9.53 Å². The molecule has 0 aromatic carbocycles. The second kappa shape index (κ2) is 7.85. The minimum atomic E-state index is 0.0182. The van der Waals surface area contributed by atoms with Gasteiger partial charge in [-0.3, -0.25) is 4.79 Å². The summed E-state index contributed by atoms with van der Waals surface area (Å²) >= 11 is 0. The van der Waals surface area contributed by atoms with Gasteiger partial charge in [0, 0.05) is 19.2 Å². The third-order valence-electron chi connectivity index (χ3n) is 4.04. The Labute approximate surface area is 117 Å². The first-order valence-electron chi connectivity index (χ1n) is 7.65. The third kappa shape index (κ3) is 5.49. The Morgan fingerprint density at radius 2 is 2.05 bits per heavy atom. The van der Waals surface area contributed by atoms with Gasteiger partial charge in [0.1, 0.15) is 0 Å². The Morgan fingerprint density at radius 3 is 2.63 bits per heavy atom. The lowest BCUT2D eigenvalue weighted by atomic mass is 9.86. The van der Waals surface area contributed by atoms with Gasteiger partial charge in [0.05, 0.1) is 12.1 Å². The maximum absolute atomic E-state index is 11.7. The highest BCUT2D eigenvalue weighted by atomic mass is 16.5. The molecule has 1 fully saturated rings. The Bertz CT molecular complexity index is 275. The number of carbonyl (C=O) groups is 1. The van der Waals surface area contributed by atoms with E-state index in [1.807, 2.05) is 0 Å². The molecule has 0 radical (unpaired) electrons. The molecule has 19 heavy (non-hydrogen) atoms. The molecular formula is C15H30N2O2. The van der Waals surface area contributed by atoms with E-state index in [0.29, 0.717) is 18.5 Å². The van der Waals surface area contributed by atoms with Crippen molar-refractivity contribution >= 4 is 5.91 Å². The Morgan fingerprint density at radius 1 is 1.37 bits per heavy atom. The van der Waals surface area contributed by atoms with Gasteiger partial charge >= 0.3 is 0 Å². The summed E-state index contributed by atoms with van der Waals surface area (Å²) in [5.41, 5.74) is 0.0182. The predicted octanol–water partition coefficient (Wildman–Crippen LogP) is 2.09. The fourth-order valence-corrected chi connectivity index (χ4v) is 2.56. The molecule has 0 bridgehead atoms. The van der Waals surface area contributed by atoms with E-state index in [1.54, 1.807) is 0 Å². The summed E-state index contributed by atoms with van der Waals surface area (Å²) in [4.78, 5) is 11.7. The molecule has 4 nitrogen and oxygen atoms in total. The van der Waals surface area contributed by atoms with Gasteiger partial charge in [-0.2, -0.15) is 0 Å². The molecule has 1 saturated heterocycles. The first-order valence-corrected chi connectivity index (χ1v) is 7.65. The fraction of sp³-hybridized carbons (Fsp3) is 0.933. The molecule has 0 aromatic rings. The van der Waals surface area contributed by atoms with Crippen LogP contribution in [0.3, 0.4) is 0 Å². The minimum absolute atomic E-state index is 0.0182. The smallest absolute Gasteiger partial charge is 0.233 e. The van der Waals surface area contributed by atoms with Crippen molar-refractivity contribution in [3.63, 3.8) is 0 Å². The van der Waals surface area contributed by atoms with Gasteiger partial charge in [0.25, 0.3) is 0 Å². The number of hydrogen-bond donors (Lipinski definition) is 2. The normalized spacial score (nSPS) is 22.5. The Hall–Kier alpha value is -0.610. The van der Waals surface area contributed by atoms with Crippen molar-refractivity contribution in [3.05, 3.63) is 0 Å². The quantitative estimate of drug-likeness (QED) is 0.745. The zero-order chi connectivity index (χ0) is 14.3. The largest absolute Gasteiger partial charge is 0.375 e. The highest BCUT2D eigenvalue weighted by Gasteiger charge is 2.34. The number of nitrogens with one attached hydrogen (secondary N) is 2. The van der Waals surface area contributed by atoms with Crippen molar-refractivity contribution in [1.29, 1.82) is 0 Å². The van der Waals surface area contributed by atoms with Gasteiger partial charge in [0.2, 0.25) is 5.91 Å². The van der Waals surface area contributed by atoms with Crippen LogP contribution in [0.4, 0.5) is 0 Å². The summed E-state index contributed by atoms with van der Waals surface area (Å²) in [7, 11) is 0. The molecule has 2 N–H and O–H groups in total. The molecule has 1 aliphatic heterocycles. The van der Waals surface area contributed by atoms with Gasteiger partial charge in [-0.05, 0) is 31.6 Å². The summed E-state index contributed by atoms with van der Waals surface area (Å²) in [6, 6.07) is 0.401. The molecule has 0 aromatic heterocycles. The topological polar surface area (TPSA) is 50.4 Å². The Balaban J connectivity index is 2.31. The van der Waals surface area contributed by atoms with E-state index >= 15 is 0 Å². The number of hydrogen-bond acceptors (Lipinski definition) is 3. The van der Waals surface area contributed by atoms with Gasteiger partial charge < -0.3 is 15.4 Å². The van der Waals surface area contributed by atoms with Crippen LogP contribution in [-0.4, -0.2) is 37.2 Å². The lowest BCUT2D eigenvalue weighted by Gasteiger charge is -2.40. The van der Waals surface area contributed by atoms with E-state index < -0.39 is 0 Å². The van der Waals surface area contributed by atoms with Crippen molar-refractivity contribution in [1.82, 2.24) is 10.6 Å². The van der Waals surface area contributed by atoms with Gasteiger partial charge in [-0.25, -0.2) is 0 Å². The van der Waals surface area contributed by atoms with E-state index in [4.69, 9.17) is 4.74 Å². The van der Waals surface area contributed by atoms with E-state index in [0.717, 1.165) is 38.8 Å². The van der Waals surface area contributed by atoms with Crippen molar-refractivity contribution < 1.29 is 9.53 Å².